The molecule has 0 amide bonds. The summed E-state index contributed by atoms with van der Waals surface area (Å²) in [5.41, 5.74) is 1.09. The van der Waals surface area contributed by atoms with Gasteiger partial charge in [0.25, 0.3) is 0 Å². The molecule has 0 bridgehead atoms. The van der Waals surface area contributed by atoms with E-state index in [2.05, 4.69) is 0 Å². The van der Waals surface area contributed by atoms with Crippen LogP contribution in [0.25, 0.3) is 0 Å². The van der Waals surface area contributed by atoms with Gasteiger partial charge in [-0.25, -0.2) is 8.78 Å². The number of rotatable bonds is 3. The summed E-state index contributed by atoms with van der Waals surface area (Å²) in [4.78, 5) is 0. The van der Waals surface area contributed by atoms with Gasteiger partial charge in [0, 0.05) is 23.5 Å². The zero-order chi connectivity index (χ0) is 11.5. The lowest BCUT2D eigenvalue weighted by Crippen LogP contribution is -2.04. The summed E-state index contributed by atoms with van der Waals surface area (Å²) < 4.78 is 27.8. The van der Waals surface area contributed by atoms with Gasteiger partial charge >= 0.3 is 0 Å². The highest BCUT2D eigenvalue weighted by Gasteiger charge is 2.06. The topological polar surface area (TPSA) is 25.2 Å². The van der Waals surface area contributed by atoms with E-state index in [0.717, 1.165) is 6.07 Å². The Hall–Kier alpha value is -1.68. The van der Waals surface area contributed by atoms with Crippen molar-refractivity contribution in [3.8, 4) is 0 Å². The normalized spacial score (nSPS) is 10.7. The molecular weight excluding hydrogens is 212 g/mol. The number of benzene rings is 1. The van der Waals surface area contributed by atoms with Crippen LogP contribution in [0.15, 0.2) is 36.5 Å². The number of hydrogen-bond acceptors (Lipinski definition) is 1. The first-order valence-corrected chi connectivity index (χ1v) is 4.89. The second-order valence-electron chi connectivity index (χ2n) is 3.52. The highest BCUT2D eigenvalue weighted by molar-refractivity contribution is 5.20. The molecule has 1 aromatic heterocycles. The number of aliphatic hydroxyl groups excluding tert-OH is 1. The summed E-state index contributed by atoms with van der Waals surface area (Å²) in [6.07, 6.45) is 1.74. The minimum atomic E-state index is -0.587. The van der Waals surface area contributed by atoms with Crippen LogP contribution in [0.2, 0.25) is 0 Å². The van der Waals surface area contributed by atoms with Gasteiger partial charge in [-0.1, -0.05) is 6.07 Å². The summed E-state index contributed by atoms with van der Waals surface area (Å²) in [6.45, 7) is 0.185. The van der Waals surface area contributed by atoms with Crippen LogP contribution >= 0.6 is 0 Å². The highest BCUT2D eigenvalue weighted by Crippen LogP contribution is 2.13. The Morgan fingerprint density at radius 1 is 1.19 bits per heavy atom. The molecule has 0 saturated heterocycles. The second kappa shape index (κ2) is 4.45. The molecule has 1 aromatic carbocycles. The molecule has 0 radical (unpaired) electrons. The molecule has 0 spiro atoms. The molecule has 16 heavy (non-hydrogen) atoms. The van der Waals surface area contributed by atoms with Crippen LogP contribution in [0.1, 0.15) is 11.3 Å². The lowest BCUT2D eigenvalue weighted by Gasteiger charge is -2.08. The van der Waals surface area contributed by atoms with Crippen molar-refractivity contribution in [1.29, 1.82) is 0 Å². The van der Waals surface area contributed by atoms with Crippen molar-refractivity contribution in [2.24, 2.45) is 0 Å². The molecule has 0 saturated carbocycles. The first kappa shape index (κ1) is 10.8. The van der Waals surface area contributed by atoms with Crippen LogP contribution in [0.4, 0.5) is 8.78 Å². The molecule has 2 nitrogen and oxygen atoms in total. The molecule has 4 heteroatoms. The number of aromatic nitrogens is 1. The van der Waals surface area contributed by atoms with Crippen molar-refractivity contribution in [2.75, 3.05) is 0 Å². The van der Waals surface area contributed by atoms with E-state index in [-0.39, 0.29) is 13.2 Å². The average Bonchev–Trinajstić information content (AvgIpc) is 2.69. The van der Waals surface area contributed by atoms with Crippen LogP contribution in [-0.4, -0.2) is 9.67 Å². The SMILES string of the molecule is OCc1cccn1Cc1ccc(F)cc1F. The van der Waals surface area contributed by atoms with Crippen molar-refractivity contribution in [3.05, 3.63) is 59.4 Å². The first-order valence-electron chi connectivity index (χ1n) is 4.89. The van der Waals surface area contributed by atoms with Gasteiger partial charge in [-0.2, -0.15) is 0 Å². The molecule has 0 fully saturated rings. The Kier molecular flexibility index (Phi) is 3.01. The molecule has 0 aliphatic carbocycles. The summed E-state index contributed by atoms with van der Waals surface area (Å²) in [7, 11) is 0. The van der Waals surface area contributed by atoms with Gasteiger partial charge in [0.15, 0.2) is 0 Å². The highest BCUT2D eigenvalue weighted by atomic mass is 19.1. The zero-order valence-electron chi connectivity index (χ0n) is 8.53. The molecule has 0 aliphatic rings. The third-order valence-corrected chi connectivity index (χ3v) is 2.44. The molecule has 0 aliphatic heterocycles. The summed E-state index contributed by atoms with van der Waals surface area (Å²) in [6, 6.07) is 7.01. The van der Waals surface area contributed by atoms with E-state index in [4.69, 9.17) is 5.11 Å². The monoisotopic (exact) mass is 223 g/mol. The van der Waals surface area contributed by atoms with Crippen LogP contribution in [-0.2, 0) is 13.2 Å². The number of hydrogen-bond donors (Lipinski definition) is 1. The average molecular weight is 223 g/mol. The fraction of sp³-hybridized carbons (Fsp3) is 0.167. The minimum absolute atomic E-state index is 0.101. The second-order valence-corrected chi connectivity index (χ2v) is 3.52. The van der Waals surface area contributed by atoms with E-state index in [1.807, 2.05) is 0 Å². The quantitative estimate of drug-likeness (QED) is 0.848. The maximum absolute atomic E-state index is 13.4. The van der Waals surface area contributed by atoms with E-state index in [1.54, 1.807) is 22.9 Å². The van der Waals surface area contributed by atoms with Crippen LogP contribution in [0.3, 0.4) is 0 Å². The Labute approximate surface area is 91.8 Å². The molecule has 2 rings (SSSR count). The van der Waals surface area contributed by atoms with Gasteiger partial charge < -0.3 is 9.67 Å². The minimum Gasteiger partial charge on any atom is -0.390 e. The number of aliphatic hydroxyl groups is 1. The molecule has 1 N–H and O–H groups in total. The molecule has 84 valence electrons. The Bertz CT molecular complexity index is 494. The van der Waals surface area contributed by atoms with Gasteiger partial charge in [0.2, 0.25) is 0 Å². The molecule has 0 unspecified atom stereocenters. The summed E-state index contributed by atoms with van der Waals surface area (Å²) >= 11 is 0. The van der Waals surface area contributed by atoms with E-state index < -0.39 is 11.6 Å². The maximum atomic E-state index is 13.4. The van der Waals surface area contributed by atoms with Crippen LogP contribution < -0.4 is 0 Å². The first-order chi connectivity index (χ1) is 7.70. The van der Waals surface area contributed by atoms with E-state index in [9.17, 15) is 8.78 Å². The van der Waals surface area contributed by atoms with Gasteiger partial charge in [0.1, 0.15) is 11.6 Å². The third-order valence-electron chi connectivity index (χ3n) is 2.44. The molecule has 2 aromatic rings. The lowest BCUT2D eigenvalue weighted by atomic mass is 10.2. The predicted molar refractivity (Wildman–Crippen MR) is 55.8 cm³/mol. The molecular formula is C12H11F2NO. The van der Waals surface area contributed by atoms with E-state index in [1.165, 1.54) is 12.1 Å². The maximum Gasteiger partial charge on any atom is 0.131 e. The summed E-state index contributed by atoms with van der Waals surface area (Å²) in [5, 5.41) is 9.02. The molecule has 0 atom stereocenters. The van der Waals surface area contributed by atoms with Crippen molar-refractivity contribution >= 4 is 0 Å². The van der Waals surface area contributed by atoms with Gasteiger partial charge in [-0.3, -0.25) is 0 Å². The van der Waals surface area contributed by atoms with E-state index in [0.29, 0.717) is 11.3 Å². The van der Waals surface area contributed by atoms with Crippen molar-refractivity contribution in [1.82, 2.24) is 4.57 Å². The Morgan fingerprint density at radius 3 is 2.69 bits per heavy atom. The fourth-order valence-electron chi connectivity index (χ4n) is 1.58. The number of halogens is 2. The molecule has 1 heterocycles. The van der Waals surface area contributed by atoms with Crippen molar-refractivity contribution in [3.63, 3.8) is 0 Å². The Balaban J connectivity index is 2.27. The third kappa shape index (κ3) is 2.12. The fourth-order valence-corrected chi connectivity index (χ4v) is 1.58. The number of nitrogens with zero attached hydrogens (tertiary/aromatic N) is 1. The van der Waals surface area contributed by atoms with Gasteiger partial charge in [0.05, 0.1) is 13.2 Å². The smallest absolute Gasteiger partial charge is 0.131 e. The van der Waals surface area contributed by atoms with Crippen LogP contribution in [0.5, 0.6) is 0 Å². The predicted octanol–water partition coefficient (Wildman–Crippen LogP) is 2.31. The van der Waals surface area contributed by atoms with Gasteiger partial charge in [-0.15, -0.1) is 0 Å². The standard InChI is InChI=1S/C12H11F2NO/c13-10-4-3-9(12(14)6-10)7-15-5-1-2-11(15)8-16/h1-6,16H,7-8H2. The lowest BCUT2D eigenvalue weighted by molar-refractivity contribution is 0.271. The zero-order valence-corrected chi connectivity index (χ0v) is 8.53. The Morgan fingerprint density at radius 2 is 2.00 bits per heavy atom. The van der Waals surface area contributed by atoms with Gasteiger partial charge in [-0.05, 0) is 18.2 Å². The summed E-state index contributed by atoms with van der Waals surface area (Å²) in [5.74, 6) is -1.16. The largest absolute Gasteiger partial charge is 0.390 e. The van der Waals surface area contributed by atoms with Crippen molar-refractivity contribution in [2.45, 2.75) is 13.2 Å². The van der Waals surface area contributed by atoms with E-state index >= 15 is 0 Å². The van der Waals surface area contributed by atoms with Crippen LogP contribution in [0, 0.1) is 11.6 Å². The van der Waals surface area contributed by atoms with Crippen molar-refractivity contribution < 1.29 is 13.9 Å².